The summed E-state index contributed by atoms with van der Waals surface area (Å²) in [6.07, 6.45) is 0.735. The number of benzene rings is 1. The van der Waals surface area contributed by atoms with E-state index in [1.807, 2.05) is 6.08 Å². The Balaban J connectivity index is 2.31. The minimum atomic E-state index is -4.79. The minimum absolute atomic E-state index is 0.122. The van der Waals surface area contributed by atoms with Crippen LogP contribution in [0.1, 0.15) is 31.2 Å². The molecule has 1 aromatic rings. The molecule has 4 nitrogen and oxygen atoms in total. The molecule has 0 spiro atoms. The molecule has 0 heterocycles. The highest BCUT2D eigenvalue weighted by atomic mass is 19.4. The molecule has 1 aromatic carbocycles. The molecule has 7 heteroatoms. The molecule has 140 valence electrons. The first-order chi connectivity index (χ1) is 11.9. The van der Waals surface area contributed by atoms with Crippen LogP contribution in [0.15, 0.2) is 24.3 Å². The van der Waals surface area contributed by atoms with Crippen LogP contribution in [-0.4, -0.2) is 36.9 Å². The molecule has 2 rings (SSSR count). The van der Waals surface area contributed by atoms with Crippen LogP contribution in [0.4, 0.5) is 13.2 Å². The van der Waals surface area contributed by atoms with Crippen molar-refractivity contribution < 1.29 is 32.9 Å². The summed E-state index contributed by atoms with van der Waals surface area (Å²) >= 11 is 0. The van der Waals surface area contributed by atoms with E-state index in [0.717, 1.165) is 25.7 Å². The van der Waals surface area contributed by atoms with Gasteiger partial charge in [-0.3, -0.25) is 0 Å². The molecule has 1 aliphatic rings. The van der Waals surface area contributed by atoms with Crippen molar-refractivity contribution in [2.24, 2.45) is 11.8 Å². The van der Waals surface area contributed by atoms with Gasteiger partial charge in [0.1, 0.15) is 11.5 Å². The summed E-state index contributed by atoms with van der Waals surface area (Å²) in [5.74, 6) is 0.380. The molecule has 0 aromatic heterocycles. The molecule has 0 bridgehead atoms. The molecule has 1 saturated carbocycles. The maximum Gasteiger partial charge on any atom is 0.573 e. The second-order valence-corrected chi connectivity index (χ2v) is 6.24. The second-order valence-electron chi connectivity index (χ2n) is 6.24. The predicted molar refractivity (Wildman–Crippen MR) is 87.3 cm³/mol. The van der Waals surface area contributed by atoms with Gasteiger partial charge in [0.2, 0.25) is 0 Å². The third-order valence-corrected chi connectivity index (χ3v) is 4.44. The summed E-state index contributed by atoms with van der Waals surface area (Å²) in [5.41, 5.74) is 0.867. The molecule has 2 atom stereocenters. The van der Waals surface area contributed by atoms with Crippen LogP contribution in [0.25, 0.3) is 5.57 Å². The van der Waals surface area contributed by atoms with Crippen molar-refractivity contribution >= 4 is 5.57 Å². The maximum atomic E-state index is 12.5. The van der Waals surface area contributed by atoms with E-state index in [0.29, 0.717) is 16.9 Å². The number of aliphatic hydroxyl groups is 2. The summed E-state index contributed by atoms with van der Waals surface area (Å²) < 4.78 is 46.5. The molecular weight excluding hydrogens is 337 g/mol. The van der Waals surface area contributed by atoms with Gasteiger partial charge < -0.3 is 19.7 Å². The molecule has 0 amide bonds. The van der Waals surface area contributed by atoms with Crippen molar-refractivity contribution in [2.45, 2.75) is 32.0 Å². The van der Waals surface area contributed by atoms with Gasteiger partial charge in [-0.15, -0.1) is 13.2 Å². The zero-order valence-corrected chi connectivity index (χ0v) is 14.1. The van der Waals surface area contributed by atoms with E-state index in [1.54, 1.807) is 0 Å². The Bertz CT molecular complexity index is 598. The van der Waals surface area contributed by atoms with E-state index in [9.17, 15) is 23.4 Å². The SMILES string of the molecule is COc1ccc(OC(F)(F)F)cc1/C(=C/C1CCCC(CO)C1)CO. The Labute approximate surface area is 144 Å². The van der Waals surface area contributed by atoms with E-state index < -0.39 is 6.36 Å². The lowest BCUT2D eigenvalue weighted by Crippen LogP contribution is -2.18. The van der Waals surface area contributed by atoms with Gasteiger partial charge in [-0.05, 0) is 54.9 Å². The molecule has 25 heavy (non-hydrogen) atoms. The standard InChI is InChI=1S/C18H23F3O4/c1-24-17-6-5-15(25-18(19,20)21)9-16(17)14(11-23)8-12-3-2-4-13(7-12)10-22/h5-6,8-9,12-13,22-23H,2-4,7,10-11H2,1H3/b14-8+. The fraction of sp³-hybridized carbons (Fsp3) is 0.556. The second kappa shape index (κ2) is 8.58. The summed E-state index contributed by atoms with van der Waals surface area (Å²) in [6, 6.07) is 3.78. The number of hydrogen-bond donors (Lipinski definition) is 2. The van der Waals surface area contributed by atoms with Gasteiger partial charge in [0.15, 0.2) is 0 Å². The number of aliphatic hydroxyl groups excluding tert-OH is 2. The highest BCUT2D eigenvalue weighted by molar-refractivity contribution is 5.72. The highest BCUT2D eigenvalue weighted by Crippen LogP contribution is 2.36. The number of hydrogen-bond acceptors (Lipinski definition) is 4. The zero-order valence-electron chi connectivity index (χ0n) is 14.1. The van der Waals surface area contributed by atoms with Crippen molar-refractivity contribution in [2.75, 3.05) is 20.3 Å². The molecule has 1 aliphatic carbocycles. The molecule has 0 saturated heterocycles. The predicted octanol–water partition coefficient (Wildman–Crippen LogP) is 3.77. The molecular formula is C18H23F3O4. The number of alkyl halides is 3. The van der Waals surface area contributed by atoms with Crippen molar-refractivity contribution in [3.05, 3.63) is 29.8 Å². The monoisotopic (exact) mass is 360 g/mol. The normalized spacial score (nSPS) is 21.9. The summed E-state index contributed by atoms with van der Waals surface area (Å²) in [7, 11) is 1.42. The van der Waals surface area contributed by atoms with Gasteiger partial charge in [-0.2, -0.15) is 0 Å². The summed E-state index contributed by atoms with van der Waals surface area (Å²) in [5, 5.41) is 19.1. The van der Waals surface area contributed by atoms with E-state index in [-0.39, 0.29) is 30.8 Å². The summed E-state index contributed by atoms with van der Waals surface area (Å²) in [6.45, 7) is -0.205. The Morgan fingerprint density at radius 1 is 1.28 bits per heavy atom. The fourth-order valence-electron chi connectivity index (χ4n) is 3.30. The first kappa shape index (κ1) is 19.6. The van der Waals surface area contributed by atoms with Crippen LogP contribution in [0, 0.1) is 11.8 Å². The lowest BCUT2D eigenvalue weighted by Gasteiger charge is -2.26. The molecule has 0 radical (unpaired) electrons. The van der Waals surface area contributed by atoms with Crippen molar-refractivity contribution in [3.8, 4) is 11.5 Å². The number of allylic oxidation sites excluding steroid dienone is 1. The van der Waals surface area contributed by atoms with E-state index in [2.05, 4.69) is 4.74 Å². The molecule has 1 fully saturated rings. The lowest BCUT2D eigenvalue weighted by atomic mass is 9.80. The van der Waals surface area contributed by atoms with Crippen molar-refractivity contribution in [3.63, 3.8) is 0 Å². The van der Waals surface area contributed by atoms with E-state index in [1.165, 1.54) is 25.3 Å². The maximum absolute atomic E-state index is 12.5. The highest BCUT2D eigenvalue weighted by Gasteiger charge is 2.31. The zero-order chi connectivity index (χ0) is 18.4. The van der Waals surface area contributed by atoms with Crippen LogP contribution < -0.4 is 9.47 Å². The first-order valence-electron chi connectivity index (χ1n) is 8.22. The Kier molecular flexibility index (Phi) is 6.72. The molecule has 2 unspecified atom stereocenters. The third-order valence-electron chi connectivity index (χ3n) is 4.44. The van der Waals surface area contributed by atoms with Crippen LogP contribution in [0.3, 0.4) is 0 Å². The largest absolute Gasteiger partial charge is 0.573 e. The van der Waals surface area contributed by atoms with Gasteiger partial charge in [0.25, 0.3) is 0 Å². The minimum Gasteiger partial charge on any atom is -0.496 e. The quantitative estimate of drug-likeness (QED) is 0.811. The van der Waals surface area contributed by atoms with E-state index in [4.69, 9.17) is 4.74 Å². The van der Waals surface area contributed by atoms with Gasteiger partial charge in [0.05, 0.1) is 13.7 Å². The lowest BCUT2D eigenvalue weighted by molar-refractivity contribution is -0.274. The van der Waals surface area contributed by atoms with Gasteiger partial charge in [-0.1, -0.05) is 12.5 Å². The van der Waals surface area contributed by atoms with Crippen LogP contribution >= 0.6 is 0 Å². The van der Waals surface area contributed by atoms with Gasteiger partial charge in [0, 0.05) is 12.2 Å². The van der Waals surface area contributed by atoms with Crippen LogP contribution in [0.5, 0.6) is 11.5 Å². The number of methoxy groups -OCH3 is 1. The van der Waals surface area contributed by atoms with Crippen LogP contribution in [0.2, 0.25) is 0 Å². The van der Waals surface area contributed by atoms with Gasteiger partial charge in [-0.25, -0.2) is 0 Å². The first-order valence-corrected chi connectivity index (χ1v) is 8.22. The smallest absolute Gasteiger partial charge is 0.496 e. The molecule has 0 aliphatic heterocycles. The third kappa shape index (κ3) is 5.64. The Hall–Kier alpha value is -1.73. The van der Waals surface area contributed by atoms with Crippen molar-refractivity contribution in [1.82, 2.24) is 0 Å². The van der Waals surface area contributed by atoms with Gasteiger partial charge >= 0.3 is 6.36 Å². The number of halogens is 3. The Morgan fingerprint density at radius 2 is 2.04 bits per heavy atom. The topological polar surface area (TPSA) is 58.9 Å². The van der Waals surface area contributed by atoms with E-state index >= 15 is 0 Å². The average Bonchev–Trinajstić information content (AvgIpc) is 2.58. The Morgan fingerprint density at radius 3 is 2.64 bits per heavy atom. The molecule has 2 N–H and O–H groups in total. The fourth-order valence-corrected chi connectivity index (χ4v) is 3.30. The average molecular weight is 360 g/mol. The number of rotatable bonds is 6. The van der Waals surface area contributed by atoms with Crippen LogP contribution in [-0.2, 0) is 0 Å². The summed E-state index contributed by atoms with van der Waals surface area (Å²) in [4.78, 5) is 0. The number of ether oxygens (including phenoxy) is 2. The van der Waals surface area contributed by atoms with Crippen molar-refractivity contribution in [1.29, 1.82) is 0 Å².